The first-order chi connectivity index (χ1) is 19.6. The van der Waals surface area contributed by atoms with Gasteiger partial charge in [-0.1, -0.05) is 48.5 Å². The predicted octanol–water partition coefficient (Wildman–Crippen LogP) is -0.892. The third kappa shape index (κ3) is 9.84. The number of ketones is 1. The normalized spacial score (nSPS) is 14.7. The Morgan fingerprint density at radius 3 is 2.00 bits per heavy atom. The molecular formula is C29H36N6O6. The fourth-order valence-corrected chi connectivity index (χ4v) is 4.09. The van der Waals surface area contributed by atoms with E-state index >= 15 is 0 Å². The molecule has 12 heteroatoms. The monoisotopic (exact) mass is 564 g/mol. The molecule has 41 heavy (non-hydrogen) atoms. The van der Waals surface area contributed by atoms with E-state index in [1.807, 2.05) is 37.4 Å². The molecule has 4 N–H and O–H groups in total. The Hall–Kier alpha value is -4.58. The van der Waals surface area contributed by atoms with Gasteiger partial charge in [0.05, 0.1) is 13.1 Å². The van der Waals surface area contributed by atoms with E-state index in [-0.39, 0.29) is 18.9 Å². The van der Waals surface area contributed by atoms with E-state index in [2.05, 4.69) is 26.2 Å². The average molecular weight is 565 g/mol. The molecule has 0 unspecified atom stereocenters. The van der Waals surface area contributed by atoms with Crippen LogP contribution < -0.4 is 21.3 Å². The van der Waals surface area contributed by atoms with Gasteiger partial charge in [-0.3, -0.25) is 28.8 Å². The van der Waals surface area contributed by atoms with Gasteiger partial charge in [0, 0.05) is 38.2 Å². The Bertz CT molecular complexity index is 1230. The van der Waals surface area contributed by atoms with E-state index in [4.69, 9.17) is 0 Å². The molecule has 2 aromatic rings. The van der Waals surface area contributed by atoms with Crippen LogP contribution in [0.1, 0.15) is 22.8 Å². The molecule has 0 aromatic heterocycles. The molecule has 3 rings (SSSR count). The SMILES string of the molecule is C[C@H](NC(=O)[C@H](Cc1ccccc1)NC(=O)c1ccccc1)C(=O)NCC(=O)C(=O)NCC(=O)N1CCN(C)CC1. The lowest BCUT2D eigenvalue weighted by molar-refractivity contribution is -0.140. The molecule has 2 aromatic carbocycles. The molecular weight excluding hydrogens is 528 g/mol. The zero-order valence-electron chi connectivity index (χ0n) is 23.2. The van der Waals surface area contributed by atoms with Crippen LogP contribution in [-0.4, -0.2) is 104 Å². The predicted molar refractivity (Wildman–Crippen MR) is 151 cm³/mol. The van der Waals surface area contributed by atoms with E-state index in [0.717, 1.165) is 18.7 Å². The summed E-state index contributed by atoms with van der Waals surface area (Å²) in [5, 5.41) is 9.89. The smallest absolute Gasteiger partial charge is 0.289 e. The Balaban J connectivity index is 1.48. The third-order valence-electron chi connectivity index (χ3n) is 6.63. The highest BCUT2D eigenvalue weighted by Crippen LogP contribution is 2.06. The second-order valence-electron chi connectivity index (χ2n) is 9.82. The van der Waals surface area contributed by atoms with Crippen LogP contribution in [0.3, 0.4) is 0 Å². The number of nitrogens with one attached hydrogen (secondary N) is 4. The molecule has 218 valence electrons. The lowest BCUT2D eigenvalue weighted by atomic mass is 10.0. The summed E-state index contributed by atoms with van der Waals surface area (Å²) in [5.74, 6) is -3.94. The van der Waals surface area contributed by atoms with Gasteiger partial charge in [-0.05, 0) is 31.7 Å². The lowest BCUT2D eigenvalue weighted by Crippen LogP contribution is -2.54. The maximum atomic E-state index is 13.1. The van der Waals surface area contributed by atoms with Crippen LogP contribution in [-0.2, 0) is 30.4 Å². The van der Waals surface area contributed by atoms with E-state index in [1.165, 1.54) is 6.92 Å². The molecule has 5 amide bonds. The second kappa shape index (κ2) is 15.3. The summed E-state index contributed by atoms with van der Waals surface area (Å²) >= 11 is 0. The Morgan fingerprint density at radius 1 is 0.756 bits per heavy atom. The minimum Gasteiger partial charge on any atom is -0.347 e. The van der Waals surface area contributed by atoms with Crippen molar-refractivity contribution >= 4 is 35.3 Å². The van der Waals surface area contributed by atoms with Gasteiger partial charge in [0.25, 0.3) is 11.8 Å². The van der Waals surface area contributed by atoms with Crippen molar-refractivity contribution < 1.29 is 28.8 Å². The van der Waals surface area contributed by atoms with E-state index in [9.17, 15) is 28.8 Å². The summed E-state index contributed by atoms with van der Waals surface area (Å²) in [7, 11) is 1.95. The molecule has 1 aliphatic heterocycles. The zero-order valence-corrected chi connectivity index (χ0v) is 23.2. The number of carbonyl (C=O) groups excluding carboxylic acids is 6. The quantitative estimate of drug-likeness (QED) is 0.244. The number of hydrogen-bond donors (Lipinski definition) is 4. The molecule has 0 saturated carbocycles. The lowest BCUT2D eigenvalue weighted by Gasteiger charge is -2.32. The summed E-state index contributed by atoms with van der Waals surface area (Å²) in [6, 6.07) is 15.5. The largest absolute Gasteiger partial charge is 0.347 e. The molecule has 1 heterocycles. The van der Waals surface area contributed by atoms with Gasteiger partial charge >= 0.3 is 0 Å². The summed E-state index contributed by atoms with van der Waals surface area (Å²) in [5.41, 5.74) is 1.19. The van der Waals surface area contributed by atoms with E-state index < -0.39 is 48.0 Å². The zero-order chi connectivity index (χ0) is 29.8. The first-order valence-corrected chi connectivity index (χ1v) is 13.4. The van der Waals surface area contributed by atoms with Gasteiger partial charge in [-0.2, -0.15) is 0 Å². The van der Waals surface area contributed by atoms with Gasteiger partial charge in [0.2, 0.25) is 23.5 Å². The number of piperazine rings is 1. The Kier molecular flexibility index (Phi) is 11.5. The molecule has 1 saturated heterocycles. The van der Waals surface area contributed by atoms with Crippen LogP contribution in [0.15, 0.2) is 60.7 Å². The Morgan fingerprint density at radius 2 is 1.37 bits per heavy atom. The van der Waals surface area contributed by atoms with Crippen molar-refractivity contribution in [1.82, 2.24) is 31.1 Å². The topological polar surface area (TPSA) is 157 Å². The number of carbonyl (C=O) groups is 6. The van der Waals surface area contributed by atoms with Gasteiger partial charge in [0.15, 0.2) is 0 Å². The van der Waals surface area contributed by atoms with Crippen molar-refractivity contribution in [2.45, 2.75) is 25.4 Å². The summed E-state index contributed by atoms with van der Waals surface area (Å²) in [6.45, 7) is 3.04. The van der Waals surface area contributed by atoms with Crippen LogP contribution in [0.4, 0.5) is 0 Å². The first-order valence-electron chi connectivity index (χ1n) is 13.4. The number of amides is 5. The summed E-state index contributed by atoms with van der Waals surface area (Å²) in [6.07, 6.45) is 0.186. The molecule has 12 nitrogen and oxygen atoms in total. The number of benzene rings is 2. The van der Waals surface area contributed by atoms with Crippen molar-refractivity contribution in [2.75, 3.05) is 46.3 Å². The van der Waals surface area contributed by atoms with Crippen LogP contribution in [0.5, 0.6) is 0 Å². The fraction of sp³-hybridized carbons (Fsp3) is 0.379. The molecule has 0 aliphatic carbocycles. The number of rotatable bonds is 12. The molecule has 1 fully saturated rings. The minimum absolute atomic E-state index is 0.186. The molecule has 2 atom stereocenters. The summed E-state index contributed by atoms with van der Waals surface area (Å²) < 4.78 is 0. The van der Waals surface area contributed by atoms with Gasteiger partial charge in [-0.25, -0.2) is 0 Å². The average Bonchev–Trinajstić information content (AvgIpc) is 2.99. The van der Waals surface area contributed by atoms with Crippen LogP contribution in [0.2, 0.25) is 0 Å². The van der Waals surface area contributed by atoms with Crippen LogP contribution in [0, 0.1) is 0 Å². The van der Waals surface area contributed by atoms with Gasteiger partial charge < -0.3 is 31.1 Å². The highest BCUT2D eigenvalue weighted by molar-refractivity contribution is 6.37. The van der Waals surface area contributed by atoms with E-state index in [0.29, 0.717) is 18.7 Å². The highest BCUT2D eigenvalue weighted by Gasteiger charge is 2.26. The second-order valence-corrected chi connectivity index (χ2v) is 9.82. The van der Waals surface area contributed by atoms with Gasteiger partial charge in [-0.15, -0.1) is 0 Å². The highest BCUT2D eigenvalue weighted by atomic mass is 16.2. The number of hydrogen-bond acceptors (Lipinski definition) is 7. The molecule has 0 spiro atoms. The van der Waals surface area contributed by atoms with Crippen molar-refractivity contribution in [3.8, 4) is 0 Å². The van der Waals surface area contributed by atoms with Crippen molar-refractivity contribution in [1.29, 1.82) is 0 Å². The fourth-order valence-electron chi connectivity index (χ4n) is 4.09. The number of nitrogens with zero attached hydrogens (tertiary/aromatic N) is 2. The van der Waals surface area contributed by atoms with Crippen molar-refractivity contribution in [2.24, 2.45) is 0 Å². The van der Waals surface area contributed by atoms with Gasteiger partial charge in [0.1, 0.15) is 12.1 Å². The summed E-state index contributed by atoms with van der Waals surface area (Å²) in [4.78, 5) is 78.7. The number of Topliss-reactive ketones (excluding diaryl/α,β-unsaturated/α-hetero) is 1. The molecule has 0 radical (unpaired) electrons. The van der Waals surface area contributed by atoms with Crippen LogP contribution in [0.25, 0.3) is 0 Å². The first kappa shape index (κ1) is 31.0. The van der Waals surface area contributed by atoms with Crippen molar-refractivity contribution in [3.63, 3.8) is 0 Å². The third-order valence-corrected chi connectivity index (χ3v) is 6.63. The van der Waals surface area contributed by atoms with Crippen LogP contribution >= 0.6 is 0 Å². The number of likely N-dealkylation sites (N-methyl/N-ethyl adjacent to an activating group) is 1. The standard InChI is InChI=1S/C29H36N6O6/c1-20(26(38)30-18-24(36)29(41)31-19-25(37)35-15-13-34(2)14-16-35)32-28(40)23(17-21-9-5-3-6-10-21)33-27(39)22-11-7-4-8-12-22/h3-12,20,23H,13-19H2,1-2H3,(H,30,38)(H,31,41)(H,32,40)(H,33,39)/t20-,23-/m0/s1. The minimum atomic E-state index is -1.07. The molecule has 0 bridgehead atoms. The maximum absolute atomic E-state index is 13.1. The van der Waals surface area contributed by atoms with Crippen molar-refractivity contribution in [3.05, 3.63) is 71.8 Å². The maximum Gasteiger partial charge on any atom is 0.289 e. The Labute approximate surface area is 238 Å². The molecule has 1 aliphatic rings. The van der Waals surface area contributed by atoms with E-state index in [1.54, 1.807) is 35.2 Å².